The highest BCUT2D eigenvalue weighted by Gasteiger charge is 2.39. The summed E-state index contributed by atoms with van der Waals surface area (Å²) < 4.78 is 4.31. The third kappa shape index (κ3) is 6.24. The third-order valence-corrected chi connectivity index (χ3v) is 5.87. The van der Waals surface area contributed by atoms with Crippen LogP contribution in [-0.2, 0) is 23.9 Å². The van der Waals surface area contributed by atoms with Crippen LogP contribution in [0.1, 0.15) is 59.4 Å². The Balaban J connectivity index is 0.000000218. The number of hydrogen-bond donors (Lipinski definition) is 0. The van der Waals surface area contributed by atoms with Crippen molar-refractivity contribution < 1.29 is 23.9 Å². The van der Waals surface area contributed by atoms with E-state index in [-0.39, 0.29) is 35.5 Å². The second kappa shape index (κ2) is 10.9. The molecule has 0 radical (unpaired) electrons. The van der Waals surface area contributed by atoms with E-state index in [1.807, 2.05) is 0 Å². The van der Waals surface area contributed by atoms with Gasteiger partial charge in [-0.2, -0.15) is 0 Å². The maximum Gasteiger partial charge on any atom is 0.317 e. The van der Waals surface area contributed by atoms with E-state index in [1.54, 1.807) is 27.7 Å². The van der Waals surface area contributed by atoms with Crippen LogP contribution in [0.4, 0.5) is 0 Å². The zero-order valence-corrected chi connectivity index (χ0v) is 18.5. The highest BCUT2D eigenvalue weighted by Crippen LogP contribution is 2.23. The lowest BCUT2D eigenvalue weighted by Gasteiger charge is -2.06. The predicted molar refractivity (Wildman–Crippen MR) is 111 cm³/mol. The maximum absolute atomic E-state index is 11.0. The minimum atomic E-state index is -0.396. The van der Waals surface area contributed by atoms with Crippen LogP contribution in [0.15, 0.2) is 30.3 Å². The highest BCUT2D eigenvalue weighted by atomic mass is 16.6. The first-order valence-electron chi connectivity index (χ1n) is 10.1. The predicted octanol–water partition coefficient (Wildman–Crippen LogP) is 3.80. The van der Waals surface area contributed by atoms with Gasteiger partial charge in [0.15, 0.2) is 0 Å². The first-order valence-corrected chi connectivity index (χ1v) is 10.1. The molecule has 29 heavy (non-hydrogen) atoms. The molecular weight excluding hydrogens is 370 g/mol. The van der Waals surface area contributed by atoms with Crippen LogP contribution in [-0.4, -0.2) is 35.7 Å². The Labute approximate surface area is 173 Å². The monoisotopic (exact) mass is 403 g/mol. The van der Waals surface area contributed by atoms with E-state index in [0.29, 0.717) is 5.92 Å². The minimum Gasteiger partial charge on any atom is -0.393 e. The average Bonchev–Trinajstić information content (AvgIpc) is 3.05. The molecule has 1 aromatic rings. The number of rotatable bonds is 2. The van der Waals surface area contributed by atoms with Crippen molar-refractivity contribution in [3.05, 3.63) is 35.9 Å². The Hall–Kier alpha value is -2.50. The number of hydrogen-bond acceptors (Lipinski definition) is 5. The van der Waals surface area contributed by atoms with Gasteiger partial charge >= 0.3 is 11.9 Å². The largest absolute Gasteiger partial charge is 0.393 e. The van der Waals surface area contributed by atoms with E-state index in [1.165, 1.54) is 23.9 Å². The van der Waals surface area contributed by atoms with Gasteiger partial charge in [-0.15, -0.1) is 0 Å². The van der Waals surface area contributed by atoms with Gasteiger partial charge in [0.25, 0.3) is 0 Å². The molecule has 2 heterocycles. The summed E-state index contributed by atoms with van der Waals surface area (Å²) in [4.78, 5) is 44.4. The molecule has 0 bridgehead atoms. The van der Waals surface area contributed by atoms with Crippen LogP contribution in [0.5, 0.6) is 0 Å². The van der Waals surface area contributed by atoms with Gasteiger partial charge in [0, 0.05) is 18.9 Å². The van der Waals surface area contributed by atoms with E-state index < -0.39 is 11.9 Å². The van der Waals surface area contributed by atoms with Crippen molar-refractivity contribution in [2.24, 2.45) is 23.7 Å². The summed E-state index contributed by atoms with van der Waals surface area (Å²) >= 11 is 0. The molecule has 2 amide bonds. The number of esters is 2. The summed E-state index contributed by atoms with van der Waals surface area (Å²) in [5.41, 5.74) is 1.45. The molecule has 0 spiro atoms. The van der Waals surface area contributed by atoms with Gasteiger partial charge in [-0.25, -0.2) is 0 Å². The average molecular weight is 404 g/mol. The molecule has 2 aliphatic heterocycles. The van der Waals surface area contributed by atoms with E-state index >= 15 is 0 Å². The topological polar surface area (TPSA) is 80.8 Å². The van der Waals surface area contributed by atoms with Crippen LogP contribution in [0.2, 0.25) is 0 Å². The van der Waals surface area contributed by atoms with Crippen LogP contribution in [0.25, 0.3) is 0 Å². The molecule has 2 fully saturated rings. The Kier molecular flexibility index (Phi) is 9.21. The third-order valence-electron chi connectivity index (χ3n) is 5.87. The lowest BCUT2D eigenvalue weighted by atomic mass is 9.99. The SMILES string of the molecule is CC1C(=O)N(C)C(=O)C1C.CC1C(=O)OC(=O)C1C.CCC(C)c1ccccc1. The lowest BCUT2D eigenvalue weighted by Crippen LogP contribution is -2.25. The normalized spacial score (nSPS) is 26.9. The second-order valence-corrected chi connectivity index (χ2v) is 7.85. The quantitative estimate of drug-likeness (QED) is 0.426. The van der Waals surface area contributed by atoms with E-state index in [2.05, 4.69) is 48.9 Å². The molecule has 160 valence electrons. The zero-order valence-electron chi connectivity index (χ0n) is 18.5. The van der Waals surface area contributed by atoms with Crippen LogP contribution in [0.3, 0.4) is 0 Å². The molecule has 0 aliphatic carbocycles. The van der Waals surface area contributed by atoms with Crippen molar-refractivity contribution >= 4 is 23.8 Å². The standard InChI is InChI=1S/C10H14.C7H11NO2.C6H8O3/c1-3-9(2)10-7-5-4-6-8-10;1-4-5(2)7(10)8(3)6(4)9;1-3-4(2)6(8)9-5(3)7/h4-9H,3H2,1-2H3;4-5H,1-3H3;3-4H,1-2H3. The number of carbonyl (C=O) groups excluding carboxylic acids is 4. The van der Waals surface area contributed by atoms with Gasteiger partial charge in [-0.1, -0.05) is 71.9 Å². The molecular formula is C23H33NO5. The number of amides is 2. The van der Waals surface area contributed by atoms with Crippen LogP contribution in [0, 0.1) is 23.7 Å². The first-order chi connectivity index (χ1) is 13.5. The molecule has 2 saturated heterocycles. The van der Waals surface area contributed by atoms with Gasteiger partial charge in [-0.3, -0.25) is 24.1 Å². The highest BCUT2D eigenvalue weighted by molar-refractivity contribution is 6.04. The van der Waals surface area contributed by atoms with Crippen LogP contribution >= 0.6 is 0 Å². The van der Waals surface area contributed by atoms with Gasteiger partial charge in [-0.05, 0) is 17.9 Å². The molecule has 6 nitrogen and oxygen atoms in total. The fraction of sp³-hybridized carbons (Fsp3) is 0.565. The van der Waals surface area contributed by atoms with Crippen molar-refractivity contribution in [1.82, 2.24) is 4.90 Å². The summed E-state index contributed by atoms with van der Waals surface area (Å²) in [6, 6.07) is 10.6. The molecule has 3 rings (SSSR count). The summed E-state index contributed by atoms with van der Waals surface area (Å²) in [6.07, 6.45) is 1.23. The molecule has 0 aromatic heterocycles. The minimum absolute atomic E-state index is 0.0579. The number of carbonyl (C=O) groups is 4. The number of likely N-dealkylation sites (tertiary alicyclic amines) is 1. The second-order valence-electron chi connectivity index (χ2n) is 7.85. The summed E-state index contributed by atoms with van der Waals surface area (Å²) in [6.45, 7) is 11.4. The Morgan fingerprint density at radius 2 is 1.24 bits per heavy atom. The van der Waals surface area contributed by atoms with E-state index in [9.17, 15) is 19.2 Å². The van der Waals surface area contributed by atoms with E-state index in [0.717, 1.165) is 0 Å². The molecule has 5 unspecified atom stereocenters. The number of cyclic esters (lactones) is 2. The molecule has 0 N–H and O–H groups in total. The number of imide groups is 1. The van der Waals surface area contributed by atoms with Crippen molar-refractivity contribution in [2.75, 3.05) is 7.05 Å². The van der Waals surface area contributed by atoms with Gasteiger partial charge in [0.2, 0.25) is 11.8 Å². The van der Waals surface area contributed by atoms with Crippen molar-refractivity contribution in [1.29, 1.82) is 0 Å². The van der Waals surface area contributed by atoms with E-state index in [4.69, 9.17) is 0 Å². The first kappa shape index (κ1) is 24.5. The summed E-state index contributed by atoms with van der Waals surface area (Å²) in [7, 11) is 1.53. The van der Waals surface area contributed by atoms with Crippen molar-refractivity contribution in [3.63, 3.8) is 0 Å². The number of nitrogens with zero attached hydrogens (tertiary/aromatic N) is 1. The van der Waals surface area contributed by atoms with Crippen LogP contribution < -0.4 is 0 Å². The Morgan fingerprint density at radius 1 is 0.828 bits per heavy atom. The smallest absolute Gasteiger partial charge is 0.317 e. The van der Waals surface area contributed by atoms with Gasteiger partial charge in [0.1, 0.15) is 0 Å². The molecule has 0 saturated carbocycles. The number of ether oxygens (including phenoxy) is 1. The Morgan fingerprint density at radius 3 is 1.48 bits per heavy atom. The Bertz CT molecular complexity index is 692. The molecule has 6 heteroatoms. The maximum atomic E-state index is 11.0. The fourth-order valence-corrected chi connectivity index (χ4v) is 2.86. The van der Waals surface area contributed by atoms with Crippen molar-refractivity contribution in [3.8, 4) is 0 Å². The molecule has 1 aromatic carbocycles. The molecule has 2 aliphatic rings. The summed E-state index contributed by atoms with van der Waals surface area (Å²) in [5, 5.41) is 0. The van der Waals surface area contributed by atoms with Gasteiger partial charge in [0.05, 0.1) is 11.8 Å². The fourth-order valence-electron chi connectivity index (χ4n) is 2.86. The molecule has 5 atom stereocenters. The number of benzene rings is 1. The van der Waals surface area contributed by atoms with Crippen molar-refractivity contribution in [2.45, 2.75) is 53.9 Å². The lowest BCUT2D eigenvalue weighted by molar-refractivity contribution is -0.153. The van der Waals surface area contributed by atoms with Gasteiger partial charge < -0.3 is 4.74 Å². The zero-order chi connectivity index (χ0) is 22.3. The summed E-state index contributed by atoms with van der Waals surface area (Å²) in [5.74, 6) is -0.957.